The van der Waals surface area contributed by atoms with Gasteiger partial charge in [-0.2, -0.15) is 0 Å². The Morgan fingerprint density at radius 1 is 1.46 bits per heavy atom. The quantitative estimate of drug-likeness (QED) is 0.587. The number of hydrogen-bond acceptors (Lipinski definition) is 2. The van der Waals surface area contributed by atoms with E-state index in [1.165, 1.54) is 0 Å². The van der Waals surface area contributed by atoms with Crippen molar-refractivity contribution >= 4 is 49.0 Å². The fraction of sp³-hybridized carbons (Fsp3) is 0. The van der Waals surface area contributed by atoms with Gasteiger partial charge < -0.3 is 5.73 Å². The normalized spacial score (nSPS) is 10.2. The highest BCUT2D eigenvalue weighted by Gasteiger charge is 2.09. The van der Waals surface area contributed by atoms with Crippen LogP contribution in [0, 0.1) is 15.9 Å². The minimum absolute atomic E-state index is 0.738. The molecule has 3 heteroatoms. The number of nitrogen functional groups attached to an aromatic ring is 1. The van der Waals surface area contributed by atoms with Crippen molar-refractivity contribution in [3.8, 4) is 12.3 Å². The number of benzene rings is 1. The van der Waals surface area contributed by atoms with Crippen molar-refractivity contribution in [2.45, 2.75) is 0 Å². The van der Waals surface area contributed by atoms with Crippen LogP contribution >= 0.6 is 33.9 Å². The molecule has 0 spiro atoms. The smallest absolute Gasteiger partial charge is 0.103 e. The van der Waals surface area contributed by atoms with Crippen LogP contribution in [0.4, 0.5) is 5.00 Å². The van der Waals surface area contributed by atoms with Crippen LogP contribution in [0.2, 0.25) is 0 Å². The molecule has 0 unspecified atom stereocenters. The molecule has 0 atom stereocenters. The fourth-order valence-electron chi connectivity index (χ4n) is 1.27. The SMILES string of the molecule is C#Cc1c(N)sc2cccc(I)c12. The van der Waals surface area contributed by atoms with E-state index in [9.17, 15) is 0 Å². The highest BCUT2D eigenvalue weighted by molar-refractivity contribution is 14.1. The molecule has 1 aromatic heterocycles. The zero-order valence-electron chi connectivity index (χ0n) is 6.67. The molecule has 2 rings (SSSR count). The van der Waals surface area contributed by atoms with Crippen molar-refractivity contribution in [1.29, 1.82) is 0 Å². The summed E-state index contributed by atoms with van der Waals surface area (Å²) >= 11 is 3.82. The molecule has 1 heterocycles. The van der Waals surface area contributed by atoms with Gasteiger partial charge in [0.15, 0.2) is 0 Å². The minimum atomic E-state index is 0.738. The lowest BCUT2D eigenvalue weighted by Crippen LogP contribution is -1.83. The Hall–Kier alpha value is -0.730. The lowest BCUT2D eigenvalue weighted by atomic mass is 10.2. The van der Waals surface area contributed by atoms with Crippen molar-refractivity contribution in [2.75, 3.05) is 5.73 Å². The van der Waals surface area contributed by atoms with Gasteiger partial charge in [-0.15, -0.1) is 17.8 Å². The first kappa shape index (κ1) is 8.85. The van der Waals surface area contributed by atoms with Gasteiger partial charge in [-0.05, 0) is 34.7 Å². The van der Waals surface area contributed by atoms with E-state index < -0.39 is 0 Å². The van der Waals surface area contributed by atoms with Crippen molar-refractivity contribution < 1.29 is 0 Å². The predicted octanol–water partition coefficient (Wildman–Crippen LogP) is 3.07. The lowest BCUT2D eigenvalue weighted by Gasteiger charge is -1.93. The van der Waals surface area contributed by atoms with E-state index in [-0.39, 0.29) is 0 Å². The summed E-state index contributed by atoms with van der Waals surface area (Å²) in [6, 6.07) is 6.09. The average molecular weight is 299 g/mol. The van der Waals surface area contributed by atoms with Crippen molar-refractivity contribution in [3.63, 3.8) is 0 Å². The molecular formula is C10H6INS. The van der Waals surface area contributed by atoms with Gasteiger partial charge in [-0.1, -0.05) is 12.0 Å². The summed E-state index contributed by atoms with van der Waals surface area (Å²) in [7, 11) is 0. The largest absolute Gasteiger partial charge is 0.390 e. The third-order valence-electron chi connectivity index (χ3n) is 1.84. The van der Waals surface area contributed by atoms with E-state index in [1.807, 2.05) is 18.2 Å². The van der Waals surface area contributed by atoms with Crippen LogP contribution in [-0.4, -0.2) is 0 Å². The van der Waals surface area contributed by atoms with Crippen LogP contribution in [0.3, 0.4) is 0 Å². The van der Waals surface area contributed by atoms with Crippen LogP contribution in [0.15, 0.2) is 18.2 Å². The molecule has 0 bridgehead atoms. The monoisotopic (exact) mass is 299 g/mol. The first-order chi connectivity index (χ1) is 6.24. The van der Waals surface area contributed by atoms with Gasteiger partial charge in [0.05, 0.1) is 5.56 Å². The van der Waals surface area contributed by atoms with E-state index in [0.717, 1.165) is 24.2 Å². The summed E-state index contributed by atoms with van der Waals surface area (Å²) < 4.78 is 2.33. The fourth-order valence-corrected chi connectivity index (χ4v) is 3.18. The maximum atomic E-state index is 5.81. The Morgan fingerprint density at radius 2 is 2.23 bits per heavy atom. The van der Waals surface area contributed by atoms with Gasteiger partial charge in [0.2, 0.25) is 0 Å². The molecule has 0 radical (unpaired) electrons. The van der Waals surface area contributed by atoms with Crippen LogP contribution in [0.25, 0.3) is 10.1 Å². The minimum Gasteiger partial charge on any atom is -0.390 e. The van der Waals surface area contributed by atoms with Gasteiger partial charge in [0, 0.05) is 13.7 Å². The molecule has 0 fully saturated rings. The Labute approximate surface area is 94.1 Å². The maximum Gasteiger partial charge on any atom is 0.103 e. The van der Waals surface area contributed by atoms with Gasteiger partial charge in [-0.25, -0.2) is 0 Å². The molecule has 1 aromatic carbocycles. The summed E-state index contributed by atoms with van der Waals surface area (Å²) in [5.74, 6) is 2.64. The Balaban J connectivity index is 2.99. The van der Waals surface area contributed by atoms with Crippen molar-refractivity contribution in [3.05, 3.63) is 27.3 Å². The second-order valence-corrected chi connectivity index (χ2v) is 4.84. The summed E-state index contributed by atoms with van der Waals surface area (Å²) in [4.78, 5) is 0. The summed E-state index contributed by atoms with van der Waals surface area (Å²) in [5, 5.41) is 1.86. The number of rotatable bonds is 0. The van der Waals surface area contributed by atoms with E-state index in [0.29, 0.717) is 0 Å². The van der Waals surface area contributed by atoms with E-state index in [2.05, 4.69) is 28.5 Å². The molecular weight excluding hydrogens is 293 g/mol. The lowest BCUT2D eigenvalue weighted by molar-refractivity contribution is 1.75. The summed E-state index contributed by atoms with van der Waals surface area (Å²) in [6.45, 7) is 0. The third kappa shape index (κ3) is 1.30. The number of thiophene rings is 1. The molecule has 0 saturated carbocycles. The van der Waals surface area contributed by atoms with E-state index in [1.54, 1.807) is 11.3 Å². The van der Waals surface area contributed by atoms with Crippen LogP contribution in [-0.2, 0) is 0 Å². The molecule has 13 heavy (non-hydrogen) atoms. The zero-order chi connectivity index (χ0) is 9.42. The number of hydrogen-bond donors (Lipinski definition) is 1. The Morgan fingerprint density at radius 3 is 2.92 bits per heavy atom. The van der Waals surface area contributed by atoms with Crippen molar-refractivity contribution in [2.24, 2.45) is 0 Å². The van der Waals surface area contributed by atoms with Gasteiger partial charge in [-0.3, -0.25) is 0 Å². The Kier molecular flexibility index (Phi) is 2.18. The number of fused-ring (bicyclic) bond motifs is 1. The average Bonchev–Trinajstić information content (AvgIpc) is 2.42. The number of halogens is 1. The molecule has 1 nitrogen and oxygen atoms in total. The highest BCUT2D eigenvalue weighted by atomic mass is 127. The predicted molar refractivity (Wildman–Crippen MR) is 66.9 cm³/mol. The second kappa shape index (κ2) is 3.20. The first-order valence-corrected chi connectivity index (χ1v) is 5.56. The number of anilines is 1. The zero-order valence-corrected chi connectivity index (χ0v) is 9.65. The molecule has 0 aliphatic carbocycles. The van der Waals surface area contributed by atoms with Crippen molar-refractivity contribution in [1.82, 2.24) is 0 Å². The van der Waals surface area contributed by atoms with E-state index in [4.69, 9.17) is 12.2 Å². The molecule has 0 saturated heterocycles. The Bertz CT molecular complexity index is 507. The van der Waals surface area contributed by atoms with Crippen LogP contribution < -0.4 is 5.73 Å². The van der Waals surface area contributed by atoms with E-state index >= 15 is 0 Å². The molecule has 0 aliphatic rings. The molecule has 0 amide bonds. The second-order valence-electron chi connectivity index (χ2n) is 2.60. The molecule has 2 aromatic rings. The third-order valence-corrected chi connectivity index (χ3v) is 3.72. The molecule has 0 aliphatic heterocycles. The van der Waals surface area contributed by atoms with Crippen LogP contribution in [0.1, 0.15) is 5.56 Å². The number of terminal acetylenes is 1. The standard InChI is InChI=1S/C10H6INS/c1-2-6-9-7(11)4-3-5-8(9)13-10(6)12/h1,3-5H,12H2. The molecule has 2 N–H and O–H groups in total. The maximum absolute atomic E-state index is 5.81. The summed E-state index contributed by atoms with van der Waals surface area (Å²) in [6.07, 6.45) is 5.40. The molecule has 64 valence electrons. The van der Waals surface area contributed by atoms with Crippen LogP contribution in [0.5, 0.6) is 0 Å². The van der Waals surface area contributed by atoms with Gasteiger partial charge in [0.25, 0.3) is 0 Å². The van der Waals surface area contributed by atoms with Gasteiger partial charge in [0.1, 0.15) is 5.00 Å². The first-order valence-electron chi connectivity index (χ1n) is 3.67. The summed E-state index contributed by atoms with van der Waals surface area (Å²) in [5.41, 5.74) is 6.64. The number of nitrogens with two attached hydrogens (primary N) is 1. The highest BCUT2D eigenvalue weighted by Crippen LogP contribution is 2.35. The topological polar surface area (TPSA) is 26.0 Å². The van der Waals surface area contributed by atoms with Gasteiger partial charge >= 0.3 is 0 Å².